The molecular formula is C14H16N2O4. The van der Waals surface area contributed by atoms with E-state index in [1.54, 1.807) is 45.2 Å². The molecule has 6 nitrogen and oxygen atoms in total. The van der Waals surface area contributed by atoms with Crippen molar-refractivity contribution in [3.8, 4) is 5.75 Å². The molecule has 106 valence electrons. The SMILES string of the molecule is CN(C)C(=O)Oc1ccc2c(=O)cc(N(C)C)oc2c1. The Morgan fingerprint density at radius 1 is 1.15 bits per heavy atom. The first-order valence-corrected chi connectivity index (χ1v) is 6.03. The maximum atomic E-state index is 11.9. The molecular weight excluding hydrogens is 260 g/mol. The Bertz CT molecular complexity index is 704. The second kappa shape index (κ2) is 5.24. The van der Waals surface area contributed by atoms with E-state index in [2.05, 4.69) is 0 Å². The molecule has 0 saturated heterocycles. The topological polar surface area (TPSA) is 63.0 Å². The van der Waals surface area contributed by atoms with E-state index >= 15 is 0 Å². The Labute approximate surface area is 116 Å². The summed E-state index contributed by atoms with van der Waals surface area (Å²) in [6, 6.07) is 6.10. The zero-order valence-electron chi connectivity index (χ0n) is 11.8. The maximum Gasteiger partial charge on any atom is 0.414 e. The first-order chi connectivity index (χ1) is 9.38. The molecule has 0 bridgehead atoms. The maximum absolute atomic E-state index is 11.9. The van der Waals surface area contributed by atoms with Gasteiger partial charge in [0, 0.05) is 40.3 Å². The van der Waals surface area contributed by atoms with Gasteiger partial charge in [0.2, 0.25) is 0 Å². The van der Waals surface area contributed by atoms with Crippen molar-refractivity contribution in [2.75, 3.05) is 33.1 Å². The molecule has 1 aromatic heterocycles. The Morgan fingerprint density at radius 2 is 1.85 bits per heavy atom. The molecule has 0 radical (unpaired) electrons. The van der Waals surface area contributed by atoms with Crippen LogP contribution in [0, 0.1) is 0 Å². The minimum Gasteiger partial charge on any atom is -0.440 e. The van der Waals surface area contributed by atoms with Crippen molar-refractivity contribution in [1.82, 2.24) is 4.90 Å². The van der Waals surface area contributed by atoms with Gasteiger partial charge >= 0.3 is 6.09 Å². The zero-order valence-corrected chi connectivity index (χ0v) is 11.8. The van der Waals surface area contributed by atoms with Gasteiger partial charge in [-0.05, 0) is 12.1 Å². The quantitative estimate of drug-likeness (QED) is 0.838. The Kier molecular flexibility index (Phi) is 3.65. The number of ether oxygens (including phenoxy) is 1. The van der Waals surface area contributed by atoms with Crippen LogP contribution in [0.25, 0.3) is 11.0 Å². The normalized spacial score (nSPS) is 10.4. The fourth-order valence-corrected chi connectivity index (χ4v) is 1.60. The lowest BCUT2D eigenvalue weighted by molar-refractivity contribution is 0.172. The van der Waals surface area contributed by atoms with Gasteiger partial charge in [0.15, 0.2) is 11.3 Å². The van der Waals surface area contributed by atoms with Crippen molar-refractivity contribution in [2.24, 2.45) is 0 Å². The van der Waals surface area contributed by atoms with Gasteiger partial charge in [-0.25, -0.2) is 4.79 Å². The van der Waals surface area contributed by atoms with Gasteiger partial charge in [-0.2, -0.15) is 0 Å². The predicted octanol–water partition coefficient (Wildman–Crippen LogP) is 1.92. The highest BCUT2D eigenvalue weighted by Gasteiger charge is 2.10. The fraction of sp³-hybridized carbons (Fsp3) is 0.286. The Hall–Kier alpha value is -2.50. The Morgan fingerprint density at radius 3 is 2.45 bits per heavy atom. The van der Waals surface area contributed by atoms with Crippen molar-refractivity contribution >= 4 is 22.9 Å². The number of benzene rings is 1. The van der Waals surface area contributed by atoms with Crippen LogP contribution in [0.3, 0.4) is 0 Å². The molecule has 0 atom stereocenters. The molecule has 1 heterocycles. The van der Waals surface area contributed by atoms with Crippen LogP contribution in [-0.2, 0) is 0 Å². The second-order valence-electron chi connectivity index (χ2n) is 4.76. The average molecular weight is 276 g/mol. The molecule has 0 unspecified atom stereocenters. The number of amides is 1. The summed E-state index contributed by atoms with van der Waals surface area (Å²) < 4.78 is 10.7. The molecule has 0 aliphatic heterocycles. The molecule has 0 N–H and O–H groups in total. The molecule has 2 rings (SSSR count). The van der Waals surface area contributed by atoms with Gasteiger partial charge in [-0.1, -0.05) is 0 Å². The predicted molar refractivity (Wildman–Crippen MR) is 76.5 cm³/mol. The minimum atomic E-state index is -0.490. The molecule has 0 saturated carbocycles. The van der Waals surface area contributed by atoms with Crippen molar-refractivity contribution in [2.45, 2.75) is 0 Å². The van der Waals surface area contributed by atoms with Gasteiger partial charge in [0.1, 0.15) is 11.3 Å². The largest absolute Gasteiger partial charge is 0.440 e. The van der Waals surface area contributed by atoms with E-state index in [0.717, 1.165) is 0 Å². The van der Waals surface area contributed by atoms with Crippen molar-refractivity contribution in [3.63, 3.8) is 0 Å². The Balaban J connectivity index is 2.47. The molecule has 0 aliphatic rings. The number of rotatable bonds is 2. The first kappa shape index (κ1) is 13.9. The van der Waals surface area contributed by atoms with Crippen LogP contribution in [0.5, 0.6) is 5.75 Å². The summed E-state index contributed by atoms with van der Waals surface area (Å²) in [4.78, 5) is 26.4. The standard InChI is InChI=1S/C14H16N2O4/c1-15(2)13-8-11(17)10-6-5-9(7-12(10)20-13)19-14(18)16(3)4/h5-8H,1-4H3. The third-order valence-electron chi connectivity index (χ3n) is 2.70. The highest BCUT2D eigenvalue weighted by Crippen LogP contribution is 2.22. The monoisotopic (exact) mass is 276 g/mol. The summed E-state index contributed by atoms with van der Waals surface area (Å²) >= 11 is 0. The lowest BCUT2D eigenvalue weighted by Gasteiger charge is -2.12. The number of hydrogen-bond donors (Lipinski definition) is 0. The zero-order chi connectivity index (χ0) is 14.9. The molecule has 0 spiro atoms. The van der Waals surface area contributed by atoms with Gasteiger partial charge < -0.3 is 19.0 Å². The van der Waals surface area contributed by atoms with Crippen LogP contribution in [-0.4, -0.2) is 39.2 Å². The number of carbonyl (C=O) groups is 1. The van der Waals surface area contributed by atoms with E-state index in [0.29, 0.717) is 22.6 Å². The minimum absolute atomic E-state index is 0.138. The lowest BCUT2D eigenvalue weighted by atomic mass is 10.2. The molecule has 20 heavy (non-hydrogen) atoms. The summed E-state index contributed by atoms with van der Waals surface area (Å²) in [6.07, 6.45) is -0.490. The summed E-state index contributed by atoms with van der Waals surface area (Å²) in [7, 11) is 6.74. The number of hydrogen-bond acceptors (Lipinski definition) is 5. The molecule has 1 amide bonds. The van der Waals surface area contributed by atoms with Crippen molar-refractivity contribution in [1.29, 1.82) is 0 Å². The summed E-state index contributed by atoms with van der Waals surface area (Å²) in [5.74, 6) is 0.772. The summed E-state index contributed by atoms with van der Waals surface area (Å²) in [5.41, 5.74) is 0.241. The van der Waals surface area contributed by atoms with Crippen LogP contribution in [0.4, 0.5) is 10.7 Å². The molecule has 2 aromatic rings. The van der Waals surface area contributed by atoms with E-state index in [1.165, 1.54) is 17.0 Å². The molecule has 1 aromatic carbocycles. The summed E-state index contributed by atoms with van der Waals surface area (Å²) in [6.45, 7) is 0. The average Bonchev–Trinajstić information content (AvgIpc) is 2.37. The first-order valence-electron chi connectivity index (χ1n) is 6.03. The van der Waals surface area contributed by atoms with Gasteiger partial charge in [0.05, 0.1) is 5.39 Å². The second-order valence-corrected chi connectivity index (χ2v) is 4.76. The third-order valence-corrected chi connectivity index (χ3v) is 2.70. The van der Waals surface area contributed by atoms with E-state index in [1.807, 2.05) is 0 Å². The van der Waals surface area contributed by atoms with E-state index < -0.39 is 6.09 Å². The van der Waals surface area contributed by atoms with Gasteiger partial charge in [0.25, 0.3) is 0 Å². The van der Waals surface area contributed by atoms with Gasteiger partial charge in [-0.15, -0.1) is 0 Å². The lowest BCUT2D eigenvalue weighted by Crippen LogP contribution is -2.25. The molecule has 0 fully saturated rings. The van der Waals surface area contributed by atoms with Crippen LogP contribution in [0.15, 0.2) is 33.5 Å². The number of carbonyl (C=O) groups excluding carboxylic acids is 1. The number of nitrogens with zero attached hydrogens (tertiary/aromatic N) is 2. The number of anilines is 1. The van der Waals surface area contributed by atoms with Crippen molar-refractivity contribution < 1.29 is 13.9 Å². The number of fused-ring (bicyclic) bond motifs is 1. The van der Waals surface area contributed by atoms with Crippen LogP contribution >= 0.6 is 0 Å². The fourth-order valence-electron chi connectivity index (χ4n) is 1.60. The van der Waals surface area contributed by atoms with Crippen LogP contribution in [0.1, 0.15) is 0 Å². The van der Waals surface area contributed by atoms with E-state index in [4.69, 9.17) is 9.15 Å². The smallest absolute Gasteiger partial charge is 0.414 e. The molecule has 6 heteroatoms. The summed E-state index contributed by atoms with van der Waals surface area (Å²) in [5, 5.41) is 0.445. The van der Waals surface area contributed by atoms with Crippen molar-refractivity contribution in [3.05, 3.63) is 34.5 Å². The van der Waals surface area contributed by atoms with Crippen LogP contribution < -0.4 is 15.1 Å². The van der Waals surface area contributed by atoms with Crippen LogP contribution in [0.2, 0.25) is 0 Å². The third kappa shape index (κ3) is 2.74. The highest BCUT2D eigenvalue weighted by atomic mass is 16.6. The highest BCUT2D eigenvalue weighted by molar-refractivity contribution is 5.80. The molecule has 0 aliphatic carbocycles. The van der Waals surface area contributed by atoms with E-state index in [-0.39, 0.29) is 5.43 Å². The van der Waals surface area contributed by atoms with E-state index in [9.17, 15) is 9.59 Å². The van der Waals surface area contributed by atoms with Gasteiger partial charge in [-0.3, -0.25) is 4.79 Å².